The van der Waals surface area contributed by atoms with Gasteiger partial charge in [-0.2, -0.15) is 0 Å². The second kappa shape index (κ2) is 14.3. The van der Waals surface area contributed by atoms with E-state index < -0.39 is 0 Å². The zero-order chi connectivity index (χ0) is 40.3. The van der Waals surface area contributed by atoms with E-state index in [1.54, 1.807) is 0 Å². The summed E-state index contributed by atoms with van der Waals surface area (Å²) in [7, 11) is 0. The van der Waals surface area contributed by atoms with Gasteiger partial charge in [-0.05, 0) is 84.9 Å². The largest absolute Gasteiger partial charge is 0.308 e. The lowest BCUT2D eigenvalue weighted by Gasteiger charge is -2.18. The van der Waals surface area contributed by atoms with Crippen molar-refractivity contribution in [3.8, 4) is 62.1 Å². The van der Waals surface area contributed by atoms with Crippen molar-refractivity contribution in [2.24, 2.45) is 0 Å². The van der Waals surface area contributed by atoms with Crippen LogP contribution in [0.4, 0.5) is 0 Å². The molecular weight excluding hydrogens is 741 g/mol. The minimum atomic E-state index is 0.605. The van der Waals surface area contributed by atoms with Crippen molar-refractivity contribution in [2.75, 3.05) is 0 Å². The van der Waals surface area contributed by atoms with Crippen LogP contribution in [0.15, 0.2) is 218 Å². The summed E-state index contributed by atoms with van der Waals surface area (Å²) in [6.45, 7) is 0. The van der Waals surface area contributed by atoms with Gasteiger partial charge in [-0.25, -0.2) is 15.0 Å². The van der Waals surface area contributed by atoms with Gasteiger partial charge in [0, 0.05) is 27.5 Å². The van der Waals surface area contributed by atoms with Gasteiger partial charge in [-0.15, -0.1) is 0 Å². The average molecular weight is 777 g/mol. The molecule has 0 saturated carbocycles. The first kappa shape index (κ1) is 34.8. The van der Waals surface area contributed by atoms with Crippen LogP contribution in [0, 0.1) is 0 Å². The number of hydrogen-bond acceptors (Lipinski definition) is 3. The maximum Gasteiger partial charge on any atom is 0.166 e. The Morgan fingerprint density at radius 3 is 1.39 bits per heavy atom. The van der Waals surface area contributed by atoms with Crippen molar-refractivity contribution >= 4 is 54.1 Å². The molecule has 0 aliphatic carbocycles. The minimum absolute atomic E-state index is 0.605. The van der Waals surface area contributed by atoms with Crippen molar-refractivity contribution < 1.29 is 0 Å². The number of para-hydroxylation sites is 1. The zero-order valence-corrected chi connectivity index (χ0v) is 33.1. The van der Waals surface area contributed by atoms with Crippen LogP contribution >= 0.6 is 0 Å². The Bertz CT molecular complexity index is 3630. The van der Waals surface area contributed by atoms with Gasteiger partial charge in [-0.3, -0.25) is 0 Å². The van der Waals surface area contributed by atoms with Gasteiger partial charge in [0.15, 0.2) is 17.5 Å². The van der Waals surface area contributed by atoms with Crippen LogP contribution in [0.1, 0.15) is 0 Å². The Balaban J connectivity index is 1.22. The minimum Gasteiger partial charge on any atom is -0.308 e. The van der Waals surface area contributed by atoms with Crippen molar-refractivity contribution in [1.82, 2.24) is 19.5 Å². The molecule has 4 nitrogen and oxygen atoms in total. The maximum absolute atomic E-state index is 5.44. The quantitative estimate of drug-likeness (QED) is 0.158. The summed E-state index contributed by atoms with van der Waals surface area (Å²) in [5, 5.41) is 9.54. The van der Waals surface area contributed by atoms with Crippen LogP contribution in [0.25, 0.3) is 116 Å². The summed E-state index contributed by atoms with van der Waals surface area (Å²) >= 11 is 0. The SMILES string of the molecule is c1ccc(-c2cccc(-c3nc(-c4ccccc4)nc(-c4cc5c6ccccc6c6ccccc6c5cc4-n4c5ccccc5c5c(-c6ccccc6)cccc54)n3)c2)cc1. The van der Waals surface area contributed by atoms with Gasteiger partial charge < -0.3 is 4.57 Å². The Hall–Kier alpha value is -8.21. The van der Waals surface area contributed by atoms with Gasteiger partial charge in [0.25, 0.3) is 0 Å². The molecule has 0 atom stereocenters. The first-order valence-electron chi connectivity index (χ1n) is 20.7. The van der Waals surface area contributed by atoms with Gasteiger partial charge >= 0.3 is 0 Å². The van der Waals surface area contributed by atoms with E-state index in [1.807, 2.05) is 24.3 Å². The van der Waals surface area contributed by atoms with Crippen LogP contribution in [-0.2, 0) is 0 Å². The molecule has 2 heterocycles. The normalized spacial score (nSPS) is 11.6. The summed E-state index contributed by atoms with van der Waals surface area (Å²) in [6, 6.07) is 77.6. The number of rotatable bonds is 6. The standard InChI is InChI=1S/C57H36N4/c1-4-18-37(19-5-1)40-24-16-25-41(34-40)56-58-55(39-22-8-3-9-23-39)59-57(60-56)50-35-48-45-28-12-10-26-43(45)44-27-11-13-29-46(44)49(48)36-53(50)61-51-32-15-14-30-47(51)54-42(31-17-33-52(54)61)38-20-6-2-7-21-38/h1-36H. The summed E-state index contributed by atoms with van der Waals surface area (Å²) in [5.74, 6) is 1.84. The molecule has 0 aliphatic heterocycles. The van der Waals surface area contributed by atoms with Gasteiger partial charge in [-0.1, -0.05) is 188 Å². The molecule has 12 aromatic rings. The summed E-state index contributed by atoms with van der Waals surface area (Å²) in [6.07, 6.45) is 0. The van der Waals surface area contributed by atoms with Crippen molar-refractivity contribution in [2.45, 2.75) is 0 Å². The Kier molecular flexibility index (Phi) is 8.13. The fourth-order valence-electron chi connectivity index (χ4n) is 9.25. The van der Waals surface area contributed by atoms with Crippen LogP contribution in [-0.4, -0.2) is 19.5 Å². The molecule has 284 valence electrons. The number of fused-ring (bicyclic) bond motifs is 9. The molecular formula is C57H36N4. The number of benzene rings is 10. The zero-order valence-electron chi connectivity index (χ0n) is 33.1. The van der Waals surface area contributed by atoms with Crippen LogP contribution in [0.3, 0.4) is 0 Å². The highest BCUT2D eigenvalue weighted by molar-refractivity contribution is 6.26. The lowest BCUT2D eigenvalue weighted by atomic mass is 9.92. The molecule has 0 amide bonds. The van der Waals surface area contributed by atoms with E-state index in [-0.39, 0.29) is 0 Å². The predicted molar refractivity (Wildman–Crippen MR) is 254 cm³/mol. The Labute approximate surface area is 352 Å². The smallest absolute Gasteiger partial charge is 0.166 e. The van der Waals surface area contributed by atoms with Crippen LogP contribution < -0.4 is 0 Å². The van der Waals surface area contributed by atoms with E-state index in [0.717, 1.165) is 49.9 Å². The van der Waals surface area contributed by atoms with E-state index >= 15 is 0 Å². The molecule has 0 saturated heterocycles. The lowest BCUT2D eigenvalue weighted by molar-refractivity contribution is 1.07. The highest BCUT2D eigenvalue weighted by Gasteiger charge is 2.23. The van der Waals surface area contributed by atoms with E-state index in [0.29, 0.717) is 17.5 Å². The molecule has 4 heteroatoms. The molecule has 2 aromatic heterocycles. The number of aromatic nitrogens is 4. The molecule has 0 unspecified atom stereocenters. The van der Waals surface area contributed by atoms with E-state index in [9.17, 15) is 0 Å². The Morgan fingerprint density at radius 1 is 0.262 bits per heavy atom. The summed E-state index contributed by atoms with van der Waals surface area (Å²) in [4.78, 5) is 16.0. The fourth-order valence-corrected chi connectivity index (χ4v) is 9.25. The maximum atomic E-state index is 5.44. The summed E-state index contributed by atoms with van der Waals surface area (Å²) < 4.78 is 2.43. The van der Waals surface area contributed by atoms with E-state index in [2.05, 4.69) is 199 Å². The molecule has 0 radical (unpaired) electrons. The fraction of sp³-hybridized carbons (Fsp3) is 0. The molecule has 10 aromatic carbocycles. The van der Waals surface area contributed by atoms with Crippen LogP contribution in [0.5, 0.6) is 0 Å². The molecule has 12 rings (SSSR count). The number of nitrogens with zero attached hydrogens (tertiary/aromatic N) is 4. The van der Waals surface area contributed by atoms with Gasteiger partial charge in [0.1, 0.15) is 0 Å². The summed E-state index contributed by atoms with van der Waals surface area (Å²) in [5.41, 5.74) is 10.6. The van der Waals surface area contributed by atoms with Crippen molar-refractivity contribution in [3.63, 3.8) is 0 Å². The van der Waals surface area contributed by atoms with Crippen molar-refractivity contribution in [3.05, 3.63) is 218 Å². The third-order valence-corrected chi connectivity index (χ3v) is 12.0. The molecule has 0 N–H and O–H groups in total. The number of hydrogen-bond donors (Lipinski definition) is 0. The van der Waals surface area contributed by atoms with E-state index in [4.69, 9.17) is 15.0 Å². The van der Waals surface area contributed by atoms with Crippen molar-refractivity contribution in [1.29, 1.82) is 0 Å². The molecule has 61 heavy (non-hydrogen) atoms. The monoisotopic (exact) mass is 776 g/mol. The topological polar surface area (TPSA) is 43.6 Å². The second-order valence-electron chi connectivity index (χ2n) is 15.5. The third kappa shape index (κ3) is 5.80. The first-order chi connectivity index (χ1) is 30.3. The van der Waals surface area contributed by atoms with Gasteiger partial charge in [0.2, 0.25) is 0 Å². The third-order valence-electron chi connectivity index (χ3n) is 12.0. The molecule has 0 spiro atoms. The molecule has 0 fully saturated rings. The lowest BCUT2D eigenvalue weighted by Crippen LogP contribution is -2.04. The molecule has 0 bridgehead atoms. The van der Waals surface area contributed by atoms with E-state index in [1.165, 1.54) is 48.8 Å². The van der Waals surface area contributed by atoms with Gasteiger partial charge in [0.05, 0.1) is 16.7 Å². The second-order valence-corrected chi connectivity index (χ2v) is 15.5. The predicted octanol–water partition coefficient (Wildman–Crippen LogP) is 14.8. The van der Waals surface area contributed by atoms with Crippen LogP contribution in [0.2, 0.25) is 0 Å². The molecule has 0 aliphatic rings. The highest BCUT2D eigenvalue weighted by Crippen LogP contribution is 2.44. The first-order valence-corrected chi connectivity index (χ1v) is 20.7. The Morgan fingerprint density at radius 2 is 0.721 bits per heavy atom. The highest BCUT2D eigenvalue weighted by atomic mass is 15.1. The average Bonchev–Trinajstić information content (AvgIpc) is 3.69.